The summed E-state index contributed by atoms with van der Waals surface area (Å²) in [4.78, 5) is 11.1. The first kappa shape index (κ1) is 26.1. The molecule has 0 radical (unpaired) electrons. The number of aliphatic hydroxyl groups excluding tert-OH is 3. The molecule has 1 heterocycles. The first-order chi connectivity index (χ1) is 13.4. The van der Waals surface area contributed by atoms with E-state index in [9.17, 15) is 20.1 Å². The van der Waals surface area contributed by atoms with Crippen molar-refractivity contribution in [3.05, 3.63) is 23.8 Å². The number of carboxylic acid groups (broad SMARTS) is 1. The van der Waals surface area contributed by atoms with E-state index >= 15 is 0 Å². The quantitative estimate of drug-likeness (QED) is 0.474. The van der Waals surface area contributed by atoms with Crippen molar-refractivity contribution in [3.63, 3.8) is 0 Å². The van der Waals surface area contributed by atoms with Gasteiger partial charge in [0, 0.05) is 14.2 Å². The van der Waals surface area contributed by atoms with Crippen LogP contribution in [-0.4, -0.2) is 71.3 Å². The number of carboxylic acids is 1. The van der Waals surface area contributed by atoms with E-state index in [1.165, 1.54) is 0 Å². The lowest BCUT2D eigenvalue weighted by molar-refractivity contribution is -0.271. The molecule has 1 fully saturated rings. The van der Waals surface area contributed by atoms with Crippen molar-refractivity contribution in [2.45, 2.75) is 65.0 Å². The number of ether oxygens (including phenoxy) is 3. The van der Waals surface area contributed by atoms with Gasteiger partial charge in [0.05, 0.1) is 12.3 Å². The third-order valence-corrected chi connectivity index (χ3v) is 3.68. The summed E-state index contributed by atoms with van der Waals surface area (Å²) < 4.78 is 15.6. The topological polar surface area (TPSA) is 138 Å². The summed E-state index contributed by atoms with van der Waals surface area (Å²) in [6.45, 7) is 8.39. The average Bonchev–Trinajstić information content (AvgIpc) is 2.72. The van der Waals surface area contributed by atoms with Gasteiger partial charge < -0.3 is 40.0 Å². The van der Waals surface area contributed by atoms with Gasteiger partial charge in [0.15, 0.2) is 6.10 Å². The number of methoxy groups -OCH3 is 1. The minimum Gasteiger partial charge on any atom is -0.479 e. The molecule has 1 aliphatic heterocycles. The van der Waals surface area contributed by atoms with E-state index < -0.39 is 36.7 Å². The molecular formula is C19H33NO8. The highest BCUT2D eigenvalue weighted by Gasteiger charge is 2.48. The Bertz CT molecular complexity index is 583. The Morgan fingerprint density at radius 3 is 2.21 bits per heavy atom. The minimum atomic E-state index is -1.76. The van der Waals surface area contributed by atoms with Crippen LogP contribution in [0, 0.1) is 0 Å². The minimum absolute atomic E-state index is 0.286. The van der Waals surface area contributed by atoms with Crippen molar-refractivity contribution < 1.29 is 39.4 Å². The van der Waals surface area contributed by atoms with Crippen LogP contribution in [0.3, 0.4) is 0 Å². The van der Waals surface area contributed by atoms with E-state index in [-0.39, 0.29) is 5.75 Å². The normalized spacial score (nSPS) is 26.1. The van der Waals surface area contributed by atoms with E-state index in [1.807, 2.05) is 27.7 Å². The summed E-state index contributed by atoms with van der Waals surface area (Å²) in [6, 6.07) is 5.09. The predicted molar refractivity (Wildman–Crippen MR) is 104 cm³/mol. The summed E-state index contributed by atoms with van der Waals surface area (Å²) >= 11 is 0. The van der Waals surface area contributed by atoms with Crippen LogP contribution in [0.5, 0.6) is 5.75 Å². The highest BCUT2D eigenvalue weighted by Crippen LogP contribution is 2.30. The number of carbonyl (C=O) groups is 1. The molecular weight excluding hydrogens is 370 g/mol. The smallest absolute Gasteiger partial charge is 0.335 e. The van der Waals surface area contributed by atoms with E-state index in [2.05, 4.69) is 5.32 Å². The van der Waals surface area contributed by atoms with Crippen LogP contribution in [0.15, 0.2) is 18.2 Å². The molecule has 0 amide bonds. The van der Waals surface area contributed by atoms with Gasteiger partial charge in [0.25, 0.3) is 0 Å². The molecule has 5 atom stereocenters. The number of benzene rings is 1. The first-order valence-electron chi connectivity index (χ1n) is 9.27. The van der Waals surface area contributed by atoms with Gasteiger partial charge in [-0.25, -0.2) is 4.79 Å². The zero-order valence-electron chi connectivity index (χ0n) is 17.2. The monoisotopic (exact) mass is 403 g/mol. The number of aliphatic hydroxyl groups is 3. The van der Waals surface area contributed by atoms with E-state index in [1.54, 1.807) is 32.4 Å². The van der Waals surface area contributed by atoms with Crippen LogP contribution in [0.4, 0.5) is 5.69 Å². The number of nitrogens with one attached hydrogen (secondary N) is 1. The molecule has 9 heteroatoms. The fraction of sp³-hybridized carbons (Fsp3) is 0.632. The molecule has 0 aliphatic carbocycles. The Morgan fingerprint density at radius 2 is 1.71 bits per heavy atom. The molecule has 0 aromatic heterocycles. The number of rotatable bonds is 6. The number of aliphatic carboxylic acids is 1. The van der Waals surface area contributed by atoms with Gasteiger partial charge in [-0.15, -0.1) is 0 Å². The molecule has 162 valence electrons. The lowest BCUT2D eigenvalue weighted by atomic mass is 9.99. The molecule has 2 rings (SSSR count). The maximum atomic E-state index is 11.1. The highest BCUT2D eigenvalue weighted by atomic mass is 16.7. The van der Waals surface area contributed by atoms with Crippen molar-refractivity contribution in [2.24, 2.45) is 0 Å². The van der Waals surface area contributed by atoms with E-state index in [0.29, 0.717) is 12.3 Å². The second kappa shape index (κ2) is 13.3. The van der Waals surface area contributed by atoms with Crippen molar-refractivity contribution >= 4 is 11.7 Å². The fourth-order valence-corrected chi connectivity index (χ4v) is 2.41. The molecule has 5 N–H and O–H groups in total. The second-order valence-electron chi connectivity index (χ2n) is 5.37. The van der Waals surface area contributed by atoms with Crippen LogP contribution < -0.4 is 10.1 Å². The van der Waals surface area contributed by atoms with Gasteiger partial charge in [0.1, 0.15) is 24.1 Å². The Balaban J connectivity index is 0.00000171. The number of hydrogen-bond acceptors (Lipinski definition) is 8. The van der Waals surface area contributed by atoms with E-state index in [4.69, 9.17) is 19.3 Å². The SMILES string of the molecule is CC.CC.CNc1cc(COC)ccc1OC1OC(C(=O)O)C(O)C(O)C1O. The lowest BCUT2D eigenvalue weighted by Gasteiger charge is -2.38. The van der Waals surface area contributed by atoms with Gasteiger partial charge in [-0.05, 0) is 17.7 Å². The molecule has 1 aromatic carbocycles. The third-order valence-electron chi connectivity index (χ3n) is 3.68. The molecule has 9 nitrogen and oxygen atoms in total. The second-order valence-corrected chi connectivity index (χ2v) is 5.37. The Kier molecular flexibility index (Phi) is 12.4. The molecule has 0 spiro atoms. The van der Waals surface area contributed by atoms with Crippen LogP contribution in [-0.2, 0) is 20.9 Å². The summed E-state index contributed by atoms with van der Waals surface area (Å²) in [7, 11) is 3.23. The third kappa shape index (κ3) is 6.61. The molecule has 0 bridgehead atoms. The molecule has 1 aromatic rings. The molecule has 28 heavy (non-hydrogen) atoms. The Hall–Kier alpha value is -1.91. The molecule has 5 unspecified atom stereocenters. The average molecular weight is 403 g/mol. The predicted octanol–water partition coefficient (Wildman–Crippen LogP) is 1.20. The summed E-state index contributed by atoms with van der Waals surface area (Å²) in [5.74, 6) is -1.18. The van der Waals surface area contributed by atoms with Crippen molar-refractivity contribution in [1.29, 1.82) is 0 Å². The molecule has 1 saturated heterocycles. The van der Waals surface area contributed by atoms with Gasteiger partial charge in [-0.2, -0.15) is 0 Å². The fourth-order valence-electron chi connectivity index (χ4n) is 2.41. The summed E-state index contributed by atoms with van der Waals surface area (Å²) in [6.07, 6.45) is -8.25. The van der Waals surface area contributed by atoms with Gasteiger partial charge in [-0.1, -0.05) is 33.8 Å². The van der Waals surface area contributed by atoms with Crippen LogP contribution in [0.25, 0.3) is 0 Å². The zero-order chi connectivity index (χ0) is 21.9. The maximum absolute atomic E-state index is 11.1. The standard InChI is InChI=1S/C15H21NO8.2C2H6/c1-16-8-5-7(6-22-2)3-4-9(8)23-15-12(19)10(17)11(18)13(24-15)14(20)21;2*1-2/h3-5,10-13,15-19H,6H2,1-2H3,(H,20,21);2*1-2H3. The van der Waals surface area contributed by atoms with Gasteiger partial charge in [-0.3, -0.25) is 0 Å². The van der Waals surface area contributed by atoms with Crippen LogP contribution in [0.1, 0.15) is 33.3 Å². The molecule has 1 aliphatic rings. The largest absolute Gasteiger partial charge is 0.479 e. The highest BCUT2D eigenvalue weighted by molar-refractivity contribution is 5.73. The Morgan fingerprint density at radius 1 is 1.11 bits per heavy atom. The summed E-state index contributed by atoms with van der Waals surface area (Å²) in [5, 5.41) is 41.4. The van der Waals surface area contributed by atoms with Gasteiger partial charge in [0.2, 0.25) is 6.29 Å². The zero-order valence-corrected chi connectivity index (χ0v) is 17.2. The number of anilines is 1. The van der Waals surface area contributed by atoms with Crippen molar-refractivity contribution in [1.82, 2.24) is 0 Å². The summed E-state index contributed by atoms with van der Waals surface area (Å²) in [5.41, 5.74) is 1.44. The maximum Gasteiger partial charge on any atom is 0.335 e. The lowest BCUT2D eigenvalue weighted by Crippen LogP contribution is -2.61. The van der Waals surface area contributed by atoms with Crippen LogP contribution in [0.2, 0.25) is 0 Å². The first-order valence-corrected chi connectivity index (χ1v) is 9.27. The molecule has 0 saturated carbocycles. The van der Waals surface area contributed by atoms with E-state index in [0.717, 1.165) is 5.56 Å². The Labute approximate surface area is 165 Å². The van der Waals surface area contributed by atoms with Crippen molar-refractivity contribution in [2.75, 3.05) is 19.5 Å². The number of hydrogen-bond donors (Lipinski definition) is 5. The van der Waals surface area contributed by atoms with Crippen LogP contribution >= 0.6 is 0 Å². The van der Waals surface area contributed by atoms with Crippen molar-refractivity contribution in [3.8, 4) is 5.75 Å². The van der Waals surface area contributed by atoms with Gasteiger partial charge >= 0.3 is 5.97 Å².